The molecule has 0 aliphatic rings. The highest BCUT2D eigenvalue weighted by atomic mass is 32.2. The minimum Gasteiger partial charge on any atom is -0.313 e. The van der Waals surface area contributed by atoms with Crippen LogP contribution in [0.2, 0.25) is 0 Å². The van der Waals surface area contributed by atoms with E-state index in [1.165, 1.54) is 12.1 Å². The summed E-state index contributed by atoms with van der Waals surface area (Å²) in [4.78, 5) is 0. The Morgan fingerprint density at radius 2 is 2.06 bits per heavy atom. The van der Waals surface area contributed by atoms with E-state index in [0.717, 1.165) is 31.2 Å². The van der Waals surface area contributed by atoms with Gasteiger partial charge in [0.1, 0.15) is 11.6 Å². The molecule has 0 aliphatic heterocycles. The summed E-state index contributed by atoms with van der Waals surface area (Å²) in [5, 5.41) is 3.11. The lowest BCUT2D eigenvalue weighted by Gasteiger charge is -2.05. The van der Waals surface area contributed by atoms with Crippen LogP contribution in [0.1, 0.15) is 18.4 Å². The molecule has 0 saturated heterocycles. The van der Waals surface area contributed by atoms with Crippen LogP contribution in [0.25, 0.3) is 0 Å². The van der Waals surface area contributed by atoms with Crippen LogP contribution in [0.5, 0.6) is 0 Å². The van der Waals surface area contributed by atoms with Crippen molar-refractivity contribution in [1.29, 1.82) is 0 Å². The number of thioether (sulfide) groups is 1. The SMILES string of the molecule is CSCCCCNCc1cc(F)ccc1F. The molecule has 1 rings (SSSR count). The molecule has 0 bridgehead atoms. The summed E-state index contributed by atoms with van der Waals surface area (Å²) in [6.45, 7) is 1.24. The van der Waals surface area contributed by atoms with Gasteiger partial charge in [0.15, 0.2) is 0 Å². The average Bonchev–Trinajstić information content (AvgIpc) is 2.28. The lowest BCUT2D eigenvalue weighted by atomic mass is 10.2. The van der Waals surface area contributed by atoms with Crippen LogP contribution in [0, 0.1) is 11.6 Å². The Bertz CT molecular complexity index is 318. The number of hydrogen-bond donors (Lipinski definition) is 1. The van der Waals surface area contributed by atoms with Gasteiger partial charge in [0, 0.05) is 12.1 Å². The van der Waals surface area contributed by atoms with Crippen molar-refractivity contribution >= 4 is 11.8 Å². The molecule has 0 aliphatic carbocycles. The third kappa shape index (κ3) is 4.94. The normalized spacial score (nSPS) is 10.7. The fourth-order valence-electron chi connectivity index (χ4n) is 1.40. The van der Waals surface area contributed by atoms with E-state index in [1.807, 2.05) is 11.8 Å². The van der Waals surface area contributed by atoms with Crippen molar-refractivity contribution in [3.63, 3.8) is 0 Å². The highest BCUT2D eigenvalue weighted by Gasteiger charge is 2.02. The van der Waals surface area contributed by atoms with Crippen LogP contribution in [0.3, 0.4) is 0 Å². The minimum absolute atomic E-state index is 0.349. The van der Waals surface area contributed by atoms with E-state index >= 15 is 0 Å². The smallest absolute Gasteiger partial charge is 0.127 e. The summed E-state index contributed by atoms with van der Waals surface area (Å²) in [5.41, 5.74) is 0.393. The van der Waals surface area contributed by atoms with E-state index in [-0.39, 0.29) is 11.6 Å². The summed E-state index contributed by atoms with van der Waals surface area (Å²) in [7, 11) is 0. The molecule has 0 unspecified atom stereocenters. The predicted octanol–water partition coefficient (Wildman–Crippen LogP) is 3.20. The van der Waals surface area contributed by atoms with Crippen LogP contribution >= 0.6 is 11.8 Å². The molecule has 0 fully saturated rings. The van der Waals surface area contributed by atoms with Gasteiger partial charge in [-0.3, -0.25) is 0 Å². The van der Waals surface area contributed by atoms with Gasteiger partial charge in [-0.15, -0.1) is 0 Å². The second-order valence-electron chi connectivity index (χ2n) is 3.61. The van der Waals surface area contributed by atoms with Crippen molar-refractivity contribution in [3.05, 3.63) is 35.4 Å². The number of unbranched alkanes of at least 4 members (excludes halogenated alkanes) is 1. The molecule has 0 aromatic heterocycles. The van der Waals surface area contributed by atoms with Gasteiger partial charge < -0.3 is 5.32 Å². The van der Waals surface area contributed by atoms with Crippen molar-refractivity contribution in [3.8, 4) is 0 Å². The van der Waals surface area contributed by atoms with Crippen molar-refractivity contribution in [2.24, 2.45) is 0 Å². The van der Waals surface area contributed by atoms with E-state index in [0.29, 0.717) is 12.1 Å². The molecular weight excluding hydrogens is 228 g/mol. The number of benzene rings is 1. The highest BCUT2D eigenvalue weighted by Crippen LogP contribution is 2.09. The predicted molar refractivity (Wildman–Crippen MR) is 65.7 cm³/mol. The lowest BCUT2D eigenvalue weighted by Crippen LogP contribution is -2.16. The molecular formula is C12H17F2NS. The standard InChI is InChI=1S/C12H17F2NS/c1-16-7-3-2-6-15-9-10-8-11(13)4-5-12(10)14/h4-5,8,15H,2-3,6-7,9H2,1H3. The maximum absolute atomic E-state index is 13.2. The van der Waals surface area contributed by atoms with Gasteiger partial charge in [-0.1, -0.05) is 0 Å². The number of nitrogens with one attached hydrogen (secondary N) is 1. The first kappa shape index (κ1) is 13.5. The molecule has 4 heteroatoms. The summed E-state index contributed by atoms with van der Waals surface area (Å²) in [6.07, 6.45) is 4.30. The maximum atomic E-state index is 13.2. The second kappa shape index (κ2) is 7.63. The maximum Gasteiger partial charge on any atom is 0.127 e. The molecule has 90 valence electrons. The number of rotatable bonds is 7. The first-order valence-corrected chi connectivity index (χ1v) is 6.77. The summed E-state index contributed by atoms with van der Waals surface area (Å²) in [6, 6.07) is 3.54. The Labute approximate surface area is 99.6 Å². The van der Waals surface area contributed by atoms with E-state index < -0.39 is 0 Å². The summed E-state index contributed by atoms with van der Waals surface area (Å²) >= 11 is 1.82. The molecule has 16 heavy (non-hydrogen) atoms. The van der Waals surface area contributed by atoms with E-state index in [1.54, 1.807) is 0 Å². The Morgan fingerprint density at radius 3 is 2.81 bits per heavy atom. The van der Waals surface area contributed by atoms with Gasteiger partial charge >= 0.3 is 0 Å². The molecule has 0 amide bonds. The fourth-order valence-corrected chi connectivity index (χ4v) is 1.89. The van der Waals surface area contributed by atoms with Crippen LogP contribution in [0.15, 0.2) is 18.2 Å². The zero-order valence-electron chi connectivity index (χ0n) is 9.43. The second-order valence-corrected chi connectivity index (χ2v) is 4.60. The Kier molecular flexibility index (Phi) is 6.42. The summed E-state index contributed by atoms with van der Waals surface area (Å²) < 4.78 is 26.0. The van der Waals surface area contributed by atoms with Gasteiger partial charge in [0.05, 0.1) is 0 Å². The molecule has 0 radical (unpaired) electrons. The molecule has 0 saturated carbocycles. The van der Waals surface area contributed by atoms with Crippen molar-refractivity contribution in [1.82, 2.24) is 5.32 Å². The first-order valence-electron chi connectivity index (χ1n) is 5.37. The average molecular weight is 245 g/mol. The third-order valence-corrected chi connectivity index (χ3v) is 2.97. The van der Waals surface area contributed by atoms with Gasteiger partial charge in [-0.25, -0.2) is 8.78 Å². The van der Waals surface area contributed by atoms with Crippen LogP contribution in [0.4, 0.5) is 8.78 Å². The van der Waals surface area contributed by atoms with Crippen LogP contribution in [-0.4, -0.2) is 18.6 Å². The van der Waals surface area contributed by atoms with Gasteiger partial charge in [-0.05, 0) is 49.6 Å². The largest absolute Gasteiger partial charge is 0.313 e. The fraction of sp³-hybridized carbons (Fsp3) is 0.500. The van der Waals surface area contributed by atoms with Gasteiger partial charge in [0.2, 0.25) is 0 Å². The zero-order valence-corrected chi connectivity index (χ0v) is 10.2. The Balaban J connectivity index is 2.23. The molecule has 1 aromatic carbocycles. The Morgan fingerprint density at radius 1 is 1.25 bits per heavy atom. The first-order chi connectivity index (χ1) is 7.74. The van der Waals surface area contributed by atoms with E-state index in [2.05, 4.69) is 11.6 Å². The minimum atomic E-state index is -0.388. The molecule has 1 aromatic rings. The molecule has 1 N–H and O–H groups in total. The molecule has 0 atom stereocenters. The van der Waals surface area contributed by atoms with Gasteiger partial charge in [-0.2, -0.15) is 11.8 Å². The zero-order chi connectivity index (χ0) is 11.8. The molecule has 1 nitrogen and oxygen atoms in total. The van der Waals surface area contributed by atoms with Gasteiger partial charge in [0.25, 0.3) is 0 Å². The third-order valence-electron chi connectivity index (χ3n) is 2.28. The van der Waals surface area contributed by atoms with Crippen LogP contribution < -0.4 is 5.32 Å². The monoisotopic (exact) mass is 245 g/mol. The van der Waals surface area contributed by atoms with E-state index in [4.69, 9.17) is 0 Å². The number of hydrogen-bond acceptors (Lipinski definition) is 2. The van der Waals surface area contributed by atoms with Crippen molar-refractivity contribution in [2.75, 3.05) is 18.6 Å². The lowest BCUT2D eigenvalue weighted by molar-refractivity contribution is 0.564. The molecule has 0 spiro atoms. The van der Waals surface area contributed by atoms with Crippen molar-refractivity contribution in [2.45, 2.75) is 19.4 Å². The topological polar surface area (TPSA) is 12.0 Å². The summed E-state index contributed by atoms with van der Waals surface area (Å²) in [5.74, 6) is 0.411. The van der Waals surface area contributed by atoms with Crippen LogP contribution in [-0.2, 0) is 6.54 Å². The Hall–Kier alpha value is -0.610. The molecule has 0 heterocycles. The van der Waals surface area contributed by atoms with E-state index in [9.17, 15) is 8.78 Å². The quantitative estimate of drug-likeness (QED) is 0.740. The van der Waals surface area contributed by atoms with Crippen molar-refractivity contribution < 1.29 is 8.78 Å². The number of halogens is 2. The highest BCUT2D eigenvalue weighted by molar-refractivity contribution is 7.98.